The van der Waals surface area contributed by atoms with Crippen molar-refractivity contribution in [3.8, 4) is 17.1 Å². The molecule has 9 heteroatoms. The first kappa shape index (κ1) is 25.8. The zero-order chi connectivity index (χ0) is 26.4. The number of anilines is 2. The highest BCUT2D eigenvalue weighted by Gasteiger charge is 2.39. The van der Waals surface area contributed by atoms with Gasteiger partial charge in [0.05, 0.1) is 29.1 Å². The maximum atomic E-state index is 12.8. The predicted molar refractivity (Wildman–Crippen MR) is 149 cm³/mol. The Morgan fingerprint density at radius 3 is 2.58 bits per heavy atom. The Labute approximate surface area is 225 Å². The highest BCUT2D eigenvalue weighted by Crippen LogP contribution is 2.43. The van der Waals surface area contributed by atoms with E-state index < -0.39 is 0 Å². The molecule has 0 spiro atoms. The van der Waals surface area contributed by atoms with Gasteiger partial charge < -0.3 is 25.3 Å². The number of hydrogen-bond donors (Lipinski definition) is 2. The molecule has 2 aromatic carbocycles. The minimum Gasteiger partial charge on any atom is -0.475 e. The Balaban J connectivity index is 1.36. The van der Waals surface area contributed by atoms with Crippen LogP contribution in [0.25, 0.3) is 11.3 Å². The SMILES string of the molecule is COCCOc1ccc(-c2csc(C3(c4ccc(C(=O)Nc5ccccc5N)cc4)CCOCC3)n2)cn1. The van der Waals surface area contributed by atoms with Gasteiger partial charge >= 0.3 is 0 Å². The molecule has 2 aromatic heterocycles. The van der Waals surface area contributed by atoms with E-state index in [0.717, 1.165) is 34.7 Å². The standard InChI is InChI=1S/C29H30N4O4S/c1-35-16-17-37-26-11-8-21(18-31-26)25-19-38-28(33-25)29(12-14-36-15-13-29)22-9-6-20(7-10-22)27(34)32-24-5-3-2-4-23(24)30/h2-11,18-19H,12-17,30H2,1H3,(H,32,34). The second kappa shape index (κ2) is 11.7. The van der Waals surface area contributed by atoms with Crippen LogP contribution in [0.5, 0.6) is 5.88 Å². The molecule has 8 nitrogen and oxygen atoms in total. The van der Waals surface area contributed by atoms with Crippen LogP contribution in [0.4, 0.5) is 11.4 Å². The third-order valence-corrected chi connectivity index (χ3v) is 7.78. The number of para-hydroxylation sites is 2. The molecule has 196 valence electrons. The lowest BCUT2D eigenvalue weighted by Crippen LogP contribution is -2.35. The van der Waals surface area contributed by atoms with Crippen molar-refractivity contribution in [1.29, 1.82) is 0 Å². The minimum atomic E-state index is -0.281. The quantitative estimate of drug-likeness (QED) is 0.227. The molecule has 1 aliphatic rings. The van der Waals surface area contributed by atoms with Gasteiger partial charge in [-0.05, 0) is 48.7 Å². The zero-order valence-corrected chi connectivity index (χ0v) is 22.0. The maximum Gasteiger partial charge on any atom is 0.255 e. The van der Waals surface area contributed by atoms with Gasteiger partial charge in [-0.2, -0.15) is 0 Å². The fourth-order valence-electron chi connectivity index (χ4n) is 4.56. The van der Waals surface area contributed by atoms with Crippen LogP contribution >= 0.6 is 11.3 Å². The molecule has 3 N–H and O–H groups in total. The number of hydrogen-bond acceptors (Lipinski definition) is 8. The number of nitrogens with zero attached hydrogens (tertiary/aromatic N) is 2. The van der Waals surface area contributed by atoms with Crippen molar-refractivity contribution in [2.45, 2.75) is 18.3 Å². The molecule has 1 amide bonds. The molecule has 0 bridgehead atoms. The van der Waals surface area contributed by atoms with Crippen molar-refractivity contribution in [1.82, 2.24) is 9.97 Å². The Hall–Kier alpha value is -3.79. The second-order valence-electron chi connectivity index (χ2n) is 9.08. The van der Waals surface area contributed by atoms with Gasteiger partial charge in [0, 0.05) is 49.1 Å². The topological polar surface area (TPSA) is 109 Å². The van der Waals surface area contributed by atoms with Crippen molar-refractivity contribution in [3.63, 3.8) is 0 Å². The number of benzene rings is 2. The molecule has 1 fully saturated rings. The third kappa shape index (κ3) is 5.55. The smallest absolute Gasteiger partial charge is 0.255 e. The normalized spacial score (nSPS) is 14.7. The lowest BCUT2D eigenvalue weighted by atomic mass is 9.74. The van der Waals surface area contributed by atoms with Gasteiger partial charge in [-0.15, -0.1) is 11.3 Å². The molecule has 38 heavy (non-hydrogen) atoms. The van der Waals surface area contributed by atoms with Gasteiger partial charge in [0.15, 0.2) is 0 Å². The van der Waals surface area contributed by atoms with Crippen LogP contribution in [-0.4, -0.2) is 49.4 Å². The van der Waals surface area contributed by atoms with Crippen LogP contribution in [0, 0.1) is 0 Å². The van der Waals surface area contributed by atoms with Gasteiger partial charge in [0.25, 0.3) is 5.91 Å². The largest absolute Gasteiger partial charge is 0.475 e. The molecule has 0 aliphatic carbocycles. The van der Waals surface area contributed by atoms with Gasteiger partial charge in [-0.3, -0.25) is 4.79 Å². The summed E-state index contributed by atoms with van der Waals surface area (Å²) in [7, 11) is 1.64. The summed E-state index contributed by atoms with van der Waals surface area (Å²) >= 11 is 1.64. The minimum absolute atomic E-state index is 0.200. The Morgan fingerprint density at radius 2 is 1.87 bits per heavy atom. The number of thiazole rings is 1. The van der Waals surface area contributed by atoms with Gasteiger partial charge in [-0.1, -0.05) is 24.3 Å². The van der Waals surface area contributed by atoms with E-state index in [1.165, 1.54) is 0 Å². The van der Waals surface area contributed by atoms with Crippen molar-refractivity contribution in [2.75, 3.05) is 44.6 Å². The number of ether oxygens (including phenoxy) is 3. The number of aromatic nitrogens is 2. The predicted octanol–water partition coefficient (Wildman–Crippen LogP) is 5.16. The van der Waals surface area contributed by atoms with Gasteiger partial charge in [0.2, 0.25) is 5.88 Å². The average molecular weight is 531 g/mol. The highest BCUT2D eigenvalue weighted by atomic mass is 32.1. The Morgan fingerprint density at radius 1 is 1.08 bits per heavy atom. The molecule has 1 aliphatic heterocycles. The van der Waals surface area contributed by atoms with Gasteiger partial charge in [0.1, 0.15) is 11.6 Å². The van der Waals surface area contributed by atoms with Crippen molar-refractivity contribution >= 4 is 28.6 Å². The summed E-state index contributed by atoms with van der Waals surface area (Å²) in [4.78, 5) is 22.3. The van der Waals surface area contributed by atoms with Crippen LogP contribution in [0.1, 0.15) is 33.8 Å². The van der Waals surface area contributed by atoms with E-state index in [1.54, 1.807) is 36.8 Å². The van der Waals surface area contributed by atoms with E-state index in [9.17, 15) is 4.79 Å². The fraction of sp³-hybridized carbons (Fsp3) is 0.276. The number of methoxy groups -OCH3 is 1. The number of amides is 1. The summed E-state index contributed by atoms with van der Waals surface area (Å²) in [5.74, 6) is 0.357. The van der Waals surface area contributed by atoms with Crippen LogP contribution in [0.3, 0.4) is 0 Å². The summed E-state index contributed by atoms with van der Waals surface area (Å²) in [6.45, 7) is 2.27. The molecule has 5 rings (SSSR count). The van der Waals surface area contributed by atoms with Crippen LogP contribution in [0.2, 0.25) is 0 Å². The third-order valence-electron chi connectivity index (χ3n) is 6.74. The summed E-state index contributed by atoms with van der Waals surface area (Å²) < 4.78 is 16.3. The molecule has 0 unspecified atom stereocenters. The van der Waals surface area contributed by atoms with Crippen molar-refractivity contribution in [2.24, 2.45) is 0 Å². The molecular weight excluding hydrogens is 500 g/mol. The monoisotopic (exact) mass is 530 g/mol. The summed E-state index contributed by atoms with van der Waals surface area (Å²) in [6.07, 6.45) is 3.41. The van der Waals surface area contributed by atoms with E-state index in [-0.39, 0.29) is 11.3 Å². The van der Waals surface area contributed by atoms with E-state index in [4.69, 9.17) is 24.9 Å². The number of rotatable bonds is 9. The Kier molecular flexibility index (Phi) is 7.97. The number of carbonyl (C=O) groups is 1. The highest BCUT2D eigenvalue weighted by molar-refractivity contribution is 7.10. The van der Waals surface area contributed by atoms with Crippen molar-refractivity contribution in [3.05, 3.63) is 88.4 Å². The number of carbonyl (C=O) groups excluding carboxylic acids is 1. The van der Waals surface area contributed by atoms with Crippen molar-refractivity contribution < 1.29 is 19.0 Å². The molecule has 0 atom stereocenters. The summed E-state index contributed by atoms with van der Waals surface area (Å²) in [5, 5.41) is 5.99. The van der Waals surface area contributed by atoms with Crippen LogP contribution < -0.4 is 15.8 Å². The zero-order valence-electron chi connectivity index (χ0n) is 21.2. The van der Waals surface area contributed by atoms with E-state index in [0.29, 0.717) is 49.2 Å². The molecule has 0 radical (unpaired) electrons. The lowest BCUT2D eigenvalue weighted by molar-refractivity contribution is 0.0630. The fourth-order valence-corrected chi connectivity index (χ4v) is 5.68. The number of nitrogen functional groups attached to an aromatic ring is 1. The first-order valence-corrected chi connectivity index (χ1v) is 13.4. The number of nitrogens with two attached hydrogens (primary N) is 1. The van der Waals surface area contributed by atoms with Gasteiger partial charge in [-0.25, -0.2) is 9.97 Å². The first-order valence-electron chi connectivity index (χ1n) is 12.5. The number of pyridine rings is 1. The van der Waals surface area contributed by atoms with Crippen LogP contribution in [0.15, 0.2) is 72.2 Å². The molecule has 4 aromatic rings. The molecular formula is C29H30N4O4S. The summed E-state index contributed by atoms with van der Waals surface area (Å²) in [5.41, 5.74) is 10.3. The lowest BCUT2D eigenvalue weighted by Gasteiger charge is -2.36. The first-order chi connectivity index (χ1) is 18.6. The molecule has 1 saturated heterocycles. The summed E-state index contributed by atoms with van der Waals surface area (Å²) in [6, 6.07) is 18.8. The maximum absolute atomic E-state index is 12.8. The molecule has 0 saturated carbocycles. The van der Waals surface area contributed by atoms with Crippen LogP contribution in [-0.2, 0) is 14.9 Å². The average Bonchev–Trinajstić information content (AvgIpc) is 3.46. The van der Waals surface area contributed by atoms with E-state index in [1.807, 2.05) is 48.5 Å². The number of nitrogens with one attached hydrogen (secondary N) is 1. The Bertz CT molecular complexity index is 1370. The van der Waals surface area contributed by atoms with E-state index >= 15 is 0 Å². The van der Waals surface area contributed by atoms with E-state index in [2.05, 4.69) is 15.7 Å². The molecule has 3 heterocycles. The second-order valence-corrected chi connectivity index (χ2v) is 9.94.